The lowest BCUT2D eigenvalue weighted by molar-refractivity contribution is -0.137. The van der Waals surface area contributed by atoms with Crippen molar-refractivity contribution in [3.05, 3.63) is 75.7 Å². The summed E-state index contributed by atoms with van der Waals surface area (Å²) >= 11 is 2.36. The van der Waals surface area contributed by atoms with E-state index in [0.717, 1.165) is 34.0 Å². The first kappa shape index (κ1) is 22.5. The summed E-state index contributed by atoms with van der Waals surface area (Å²) in [6.45, 7) is 1.94. The van der Waals surface area contributed by atoms with Crippen molar-refractivity contribution in [2.75, 3.05) is 16.8 Å². The third kappa shape index (κ3) is 4.86. The lowest BCUT2D eigenvalue weighted by Crippen LogP contribution is -2.25. The molecular weight excluding hydrogens is 459 g/mol. The molecule has 3 aromatic rings. The van der Waals surface area contributed by atoms with Crippen LogP contribution in [-0.4, -0.2) is 27.0 Å². The SMILES string of the molecule is Cc1ccc(NC(=O)CSc2nc3c(c(=O)n2-c2cccc(C(F)(F)F)c2)SCC3)cc1. The van der Waals surface area contributed by atoms with Gasteiger partial charge in [-0.2, -0.15) is 13.2 Å². The van der Waals surface area contributed by atoms with Gasteiger partial charge in [-0.15, -0.1) is 11.8 Å². The maximum absolute atomic E-state index is 13.2. The van der Waals surface area contributed by atoms with Gasteiger partial charge in [-0.25, -0.2) is 4.98 Å². The lowest BCUT2D eigenvalue weighted by atomic mass is 10.2. The molecule has 0 unspecified atom stereocenters. The van der Waals surface area contributed by atoms with Crippen molar-refractivity contribution in [2.24, 2.45) is 0 Å². The smallest absolute Gasteiger partial charge is 0.325 e. The molecular formula is C22H18F3N3O2S2. The van der Waals surface area contributed by atoms with Crippen molar-refractivity contribution in [2.45, 2.75) is 29.6 Å². The highest BCUT2D eigenvalue weighted by Crippen LogP contribution is 2.33. The van der Waals surface area contributed by atoms with Gasteiger partial charge in [-0.05, 0) is 37.3 Å². The number of benzene rings is 2. The average molecular weight is 478 g/mol. The average Bonchev–Trinajstić information content (AvgIpc) is 3.22. The van der Waals surface area contributed by atoms with Crippen molar-refractivity contribution in [3.8, 4) is 5.69 Å². The molecule has 32 heavy (non-hydrogen) atoms. The molecule has 0 saturated heterocycles. The van der Waals surface area contributed by atoms with Crippen LogP contribution >= 0.6 is 23.5 Å². The number of fused-ring (bicyclic) bond motifs is 1. The van der Waals surface area contributed by atoms with Crippen LogP contribution in [0.2, 0.25) is 0 Å². The third-order valence-corrected chi connectivity index (χ3v) is 6.81. The zero-order chi connectivity index (χ0) is 22.9. The van der Waals surface area contributed by atoms with Crippen LogP contribution in [-0.2, 0) is 17.4 Å². The number of halogens is 3. The number of nitrogens with zero attached hydrogens (tertiary/aromatic N) is 2. The number of aromatic nitrogens is 2. The van der Waals surface area contributed by atoms with E-state index in [9.17, 15) is 22.8 Å². The van der Waals surface area contributed by atoms with E-state index in [1.165, 1.54) is 23.9 Å². The number of nitrogens with one attached hydrogen (secondary N) is 1. The molecule has 1 N–H and O–H groups in total. The minimum Gasteiger partial charge on any atom is -0.325 e. The van der Waals surface area contributed by atoms with Gasteiger partial charge in [0.15, 0.2) is 5.16 Å². The van der Waals surface area contributed by atoms with E-state index < -0.39 is 17.3 Å². The molecule has 10 heteroatoms. The second-order valence-electron chi connectivity index (χ2n) is 7.16. The molecule has 1 amide bonds. The standard InChI is InChI=1S/C22H18F3N3O2S2/c1-13-5-7-15(8-6-13)26-18(29)12-32-21-27-17-9-10-31-19(17)20(30)28(21)16-4-2-3-14(11-16)22(23,24)25/h2-8,11H,9-10,12H2,1H3,(H,26,29). The Morgan fingerprint density at radius 2 is 1.97 bits per heavy atom. The van der Waals surface area contributed by atoms with Gasteiger partial charge in [-0.3, -0.25) is 14.2 Å². The number of thioether (sulfide) groups is 2. The van der Waals surface area contributed by atoms with Crippen LogP contribution in [0.15, 0.2) is 63.4 Å². The molecule has 0 radical (unpaired) electrons. The number of hydrogen-bond acceptors (Lipinski definition) is 5. The Labute approximate surface area is 190 Å². The van der Waals surface area contributed by atoms with Gasteiger partial charge >= 0.3 is 6.18 Å². The van der Waals surface area contributed by atoms with Crippen molar-refractivity contribution in [1.82, 2.24) is 9.55 Å². The molecule has 4 rings (SSSR count). The summed E-state index contributed by atoms with van der Waals surface area (Å²) in [6.07, 6.45) is -3.94. The first-order valence-electron chi connectivity index (χ1n) is 9.68. The molecule has 0 spiro atoms. The van der Waals surface area contributed by atoms with Crippen LogP contribution in [0.5, 0.6) is 0 Å². The van der Waals surface area contributed by atoms with Gasteiger partial charge < -0.3 is 5.32 Å². The molecule has 0 fully saturated rings. The quantitative estimate of drug-likeness (QED) is 0.417. The van der Waals surface area contributed by atoms with E-state index in [2.05, 4.69) is 10.3 Å². The number of aryl methyl sites for hydroxylation is 2. The highest BCUT2D eigenvalue weighted by atomic mass is 32.2. The summed E-state index contributed by atoms with van der Waals surface area (Å²) in [6, 6.07) is 11.9. The van der Waals surface area contributed by atoms with Crippen LogP contribution in [0.1, 0.15) is 16.8 Å². The fourth-order valence-corrected chi connectivity index (χ4v) is 5.06. The molecule has 166 valence electrons. The Bertz CT molecular complexity index is 1220. The molecule has 0 atom stereocenters. The number of hydrogen-bond donors (Lipinski definition) is 1. The van der Waals surface area contributed by atoms with Crippen molar-refractivity contribution < 1.29 is 18.0 Å². The largest absolute Gasteiger partial charge is 0.416 e. The monoisotopic (exact) mass is 477 g/mol. The summed E-state index contributed by atoms with van der Waals surface area (Å²) in [5, 5.41) is 2.96. The Morgan fingerprint density at radius 1 is 1.22 bits per heavy atom. The fraction of sp³-hybridized carbons (Fsp3) is 0.227. The topological polar surface area (TPSA) is 64.0 Å². The second kappa shape index (κ2) is 9.03. The Balaban J connectivity index is 1.65. The van der Waals surface area contributed by atoms with Crippen molar-refractivity contribution in [1.29, 1.82) is 0 Å². The summed E-state index contributed by atoms with van der Waals surface area (Å²) in [7, 11) is 0. The minimum absolute atomic E-state index is 0.0504. The molecule has 0 bridgehead atoms. The van der Waals surface area contributed by atoms with E-state index in [4.69, 9.17) is 0 Å². The van der Waals surface area contributed by atoms with Gasteiger partial charge in [0.2, 0.25) is 5.91 Å². The van der Waals surface area contributed by atoms with Crippen LogP contribution in [0.3, 0.4) is 0 Å². The van der Waals surface area contributed by atoms with Gasteiger partial charge in [-0.1, -0.05) is 35.5 Å². The number of rotatable bonds is 5. The van der Waals surface area contributed by atoms with Gasteiger partial charge in [0.1, 0.15) is 0 Å². The van der Waals surface area contributed by atoms with Gasteiger partial charge in [0, 0.05) is 17.9 Å². The normalized spacial score (nSPS) is 13.1. The Hall–Kier alpha value is -2.72. The predicted molar refractivity (Wildman–Crippen MR) is 120 cm³/mol. The Morgan fingerprint density at radius 3 is 2.69 bits per heavy atom. The fourth-order valence-electron chi connectivity index (χ4n) is 3.20. The lowest BCUT2D eigenvalue weighted by Gasteiger charge is -2.15. The summed E-state index contributed by atoms with van der Waals surface area (Å²) in [4.78, 5) is 30.5. The van der Waals surface area contributed by atoms with E-state index in [1.54, 1.807) is 12.1 Å². The number of anilines is 1. The van der Waals surface area contributed by atoms with E-state index >= 15 is 0 Å². The number of amides is 1. The van der Waals surface area contributed by atoms with Gasteiger partial charge in [0.05, 0.1) is 27.6 Å². The van der Waals surface area contributed by atoms with Gasteiger partial charge in [0.25, 0.3) is 5.56 Å². The molecule has 0 saturated carbocycles. The maximum atomic E-state index is 13.2. The number of carbonyl (C=O) groups is 1. The summed E-state index contributed by atoms with van der Waals surface area (Å²) in [5.41, 5.74) is 1.09. The van der Waals surface area contributed by atoms with E-state index in [0.29, 0.717) is 28.5 Å². The molecule has 1 aliphatic rings. The molecule has 1 aromatic heterocycles. The van der Waals surface area contributed by atoms with Crippen LogP contribution in [0, 0.1) is 6.92 Å². The van der Waals surface area contributed by atoms with Crippen LogP contribution in [0.25, 0.3) is 5.69 Å². The van der Waals surface area contributed by atoms with Crippen LogP contribution < -0.4 is 10.9 Å². The molecule has 2 heterocycles. The molecule has 2 aromatic carbocycles. The first-order chi connectivity index (χ1) is 15.2. The minimum atomic E-state index is -4.54. The highest BCUT2D eigenvalue weighted by Gasteiger charge is 2.31. The van der Waals surface area contributed by atoms with E-state index in [-0.39, 0.29) is 22.5 Å². The molecule has 1 aliphatic heterocycles. The zero-order valence-electron chi connectivity index (χ0n) is 16.9. The highest BCUT2D eigenvalue weighted by molar-refractivity contribution is 8.00. The first-order valence-corrected chi connectivity index (χ1v) is 11.6. The predicted octanol–water partition coefficient (Wildman–Crippen LogP) is 4.94. The number of carbonyl (C=O) groups excluding carboxylic acids is 1. The molecule has 0 aliphatic carbocycles. The zero-order valence-corrected chi connectivity index (χ0v) is 18.5. The van der Waals surface area contributed by atoms with Crippen molar-refractivity contribution >= 4 is 35.1 Å². The third-order valence-electron chi connectivity index (χ3n) is 4.77. The molecule has 5 nitrogen and oxygen atoms in total. The van der Waals surface area contributed by atoms with E-state index in [1.807, 2.05) is 19.1 Å². The van der Waals surface area contributed by atoms with Crippen molar-refractivity contribution in [3.63, 3.8) is 0 Å². The number of alkyl halides is 3. The summed E-state index contributed by atoms with van der Waals surface area (Å²) in [5.74, 6) is 0.325. The van der Waals surface area contributed by atoms with Crippen LogP contribution in [0.4, 0.5) is 18.9 Å². The Kier molecular flexibility index (Phi) is 6.34. The maximum Gasteiger partial charge on any atom is 0.416 e. The second-order valence-corrected chi connectivity index (χ2v) is 9.21. The summed E-state index contributed by atoms with van der Waals surface area (Å²) < 4.78 is 40.8.